The zero-order valence-electron chi connectivity index (χ0n) is 10.00. The molecule has 0 radical (unpaired) electrons. The Balaban J connectivity index is 2.48. The van der Waals surface area contributed by atoms with E-state index in [1.807, 2.05) is 0 Å². The van der Waals surface area contributed by atoms with Crippen molar-refractivity contribution >= 4 is 29.0 Å². The van der Waals surface area contributed by atoms with Gasteiger partial charge in [-0.25, -0.2) is 4.39 Å². The average Bonchev–Trinajstić information content (AvgIpc) is 2.31. The van der Waals surface area contributed by atoms with Crippen LogP contribution in [0.15, 0.2) is 18.2 Å². The molecule has 0 spiro atoms. The molecule has 0 saturated heterocycles. The van der Waals surface area contributed by atoms with Gasteiger partial charge in [0.1, 0.15) is 5.82 Å². The zero-order valence-corrected chi connectivity index (χ0v) is 10.8. The summed E-state index contributed by atoms with van der Waals surface area (Å²) in [4.78, 5) is 11.6. The first kappa shape index (κ1) is 13.8. The molecule has 5 heteroatoms. The van der Waals surface area contributed by atoms with Gasteiger partial charge in [-0.05, 0) is 24.6 Å². The molecule has 0 bridgehead atoms. The molecule has 1 rings (SSSR count). The van der Waals surface area contributed by atoms with E-state index < -0.39 is 5.82 Å². The van der Waals surface area contributed by atoms with Crippen LogP contribution >= 0.6 is 11.8 Å². The molecule has 1 aromatic carbocycles. The highest BCUT2D eigenvalue weighted by molar-refractivity contribution is 8.00. The maximum atomic E-state index is 12.9. The van der Waals surface area contributed by atoms with Crippen LogP contribution in [0.25, 0.3) is 0 Å². The Bertz CT molecular complexity index is 398. The fourth-order valence-electron chi connectivity index (χ4n) is 1.15. The highest BCUT2D eigenvalue weighted by Crippen LogP contribution is 2.17. The number of hydrogen-bond donors (Lipinski definition) is 2. The zero-order chi connectivity index (χ0) is 12.8. The van der Waals surface area contributed by atoms with Crippen molar-refractivity contribution in [3.05, 3.63) is 24.0 Å². The van der Waals surface area contributed by atoms with Crippen LogP contribution in [0, 0.1) is 5.82 Å². The van der Waals surface area contributed by atoms with E-state index in [2.05, 4.69) is 19.2 Å². The van der Waals surface area contributed by atoms with Crippen LogP contribution in [-0.4, -0.2) is 16.9 Å². The number of benzene rings is 1. The van der Waals surface area contributed by atoms with Gasteiger partial charge in [-0.15, -0.1) is 11.8 Å². The maximum absolute atomic E-state index is 12.9. The Hall–Kier alpha value is -1.23. The third kappa shape index (κ3) is 4.65. The predicted molar refractivity (Wildman–Crippen MR) is 71.7 cm³/mol. The average molecular weight is 256 g/mol. The first-order valence-electron chi connectivity index (χ1n) is 5.49. The standard InChI is InChI=1S/C12H17FN2OS/c1-3-8(2)17-7-12(16)15-9-4-5-10(13)11(14)6-9/h4-6,8H,3,7,14H2,1-2H3,(H,15,16). The Kier molecular flexibility index (Phi) is 5.28. The van der Waals surface area contributed by atoms with Gasteiger partial charge in [-0.2, -0.15) is 0 Å². The van der Waals surface area contributed by atoms with Crippen LogP contribution in [0.1, 0.15) is 20.3 Å². The second-order valence-corrected chi connectivity index (χ2v) is 5.24. The van der Waals surface area contributed by atoms with Crippen molar-refractivity contribution in [2.75, 3.05) is 16.8 Å². The molecule has 0 aromatic heterocycles. The van der Waals surface area contributed by atoms with E-state index in [-0.39, 0.29) is 11.6 Å². The van der Waals surface area contributed by atoms with E-state index in [4.69, 9.17) is 5.73 Å². The molecule has 1 unspecified atom stereocenters. The first-order valence-corrected chi connectivity index (χ1v) is 6.54. The van der Waals surface area contributed by atoms with Crippen molar-refractivity contribution < 1.29 is 9.18 Å². The highest BCUT2D eigenvalue weighted by atomic mass is 32.2. The van der Waals surface area contributed by atoms with Crippen molar-refractivity contribution in [3.8, 4) is 0 Å². The number of anilines is 2. The van der Waals surface area contributed by atoms with Gasteiger partial charge in [0.2, 0.25) is 5.91 Å². The lowest BCUT2D eigenvalue weighted by Gasteiger charge is -2.09. The third-order valence-electron chi connectivity index (χ3n) is 2.35. The minimum atomic E-state index is -0.475. The van der Waals surface area contributed by atoms with Crippen LogP contribution in [0.3, 0.4) is 0 Å². The van der Waals surface area contributed by atoms with E-state index in [9.17, 15) is 9.18 Å². The number of hydrogen-bond acceptors (Lipinski definition) is 3. The van der Waals surface area contributed by atoms with E-state index in [0.29, 0.717) is 16.7 Å². The fourth-order valence-corrected chi connectivity index (χ4v) is 1.90. The Morgan fingerprint density at radius 1 is 1.59 bits per heavy atom. The second-order valence-electron chi connectivity index (χ2n) is 3.81. The minimum absolute atomic E-state index is 0.0392. The SMILES string of the molecule is CCC(C)SCC(=O)Nc1ccc(F)c(N)c1. The number of amides is 1. The number of carbonyl (C=O) groups excluding carboxylic acids is 1. The third-order valence-corrected chi connectivity index (χ3v) is 3.68. The molecule has 0 saturated carbocycles. The normalized spacial score (nSPS) is 12.2. The largest absolute Gasteiger partial charge is 0.396 e. The lowest BCUT2D eigenvalue weighted by molar-refractivity contribution is -0.113. The fraction of sp³-hybridized carbons (Fsp3) is 0.417. The van der Waals surface area contributed by atoms with Gasteiger partial charge in [-0.1, -0.05) is 13.8 Å². The van der Waals surface area contributed by atoms with Crippen molar-refractivity contribution in [2.24, 2.45) is 0 Å². The molecule has 0 heterocycles. The quantitative estimate of drug-likeness (QED) is 0.796. The molecule has 94 valence electrons. The van der Waals surface area contributed by atoms with Gasteiger partial charge in [0.25, 0.3) is 0 Å². The maximum Gasteiger partial charge on any atom is 0.234 e. The van der Waals surface area contributed by atoms with Crippen LogP contribution in [-0.2, 0) is 4.79 Å². The summed E-state index contributed by atoms with van der Waals surface area (Å²) in [5, 5.41) is 3.14. The van der Waals surface area contributed by atoms with Crippen molar-refractivity contribution in [1.82, 2.24) is 0 Å². The number of nitrogens with two attached hydrogens (primary N) is 1. The van der Waals surface area contributed by atoms with Gasteiger partial charge in [0.05, 0.1) is 11.4 Å². The van der Waals surface area contributed by atoms with E-state index in [0.717, 1.165) is 6.42 Å². The summed E-state index contributed by atoms with van der Waals surface area (Å²) in [5.41, 5.74) is 5.97. The molecule has 0 aliphatic heterocycles. The molecule has 3 N–H and O–H groups in total. The predicted octanol–water partition coefficient (Wildman–Crippen LogP) is 2.88. The molecule has 0 aliphatic rings. The number of nitrogen functional groups attached to an aromatic ring is 1. The Morgan fingerprint density at radius 3 is 2.88 bits per heavy atom. The summed E-state index contributed by atoms with van der Waals surface area (Å²) in [5.74, 6) is -0.176. The van der Waals surface area contributed by atoms with Gasteiger partial charge < -0.3 is 11.1 Å². The second kappa shape index (κ2) is 6.49. The molecular weight excluding hydrogens is 239 g/mol. The first-order chi connectivity index (χ1) is 8.02. The summed E-state index contributed by atoms with van der Waals surface area (Å²) >= 11 is 1.59. The number of thioether (sulfide) groups is 1. The summed E-state index contributed by atoms with van der Waals surface area (Å²) < 4.78 is 12.9. The summed E-state index contributed by atoms with van der Waals surface area (Å²) in [6.07, 6.45) is 1.03. The van der Waals surface area contributed by atoms with Crippen LogP contribution < -0.4 is 11.1 Å². The minimum Gasteiger partial charge on any atom is -0.396 e. The molecule has 3 nitrogen and oxygen atoms in total. The molecule has 1 atom stereocenters. The topological polar surface area (TPSA) is 55.1 Å². The smallest absolute Gasteiger partial charge is 0.234 e. The van der Waals surface area contributed by atoms with Gasteiger partial charge in [-0.3, -0.25) is 4.79 Å². The number of nitrogens with one attached hydrogen (secondary N) is 1. The van der Waals surface area contributed by atoms with Gasteiger partial charge in [0, 0.05) is 10.9 Å². The number of carbonyl (C=O) groups is 1. The molecular formula is C12H17FN2OS. The number of rotatable bonds is 5. The lowest BCUT2D eigenvalue weighted by atomic mass is 10.2. The summed E-state index contributed by atoms with van der Waals surface area (Å²) in [6, 6.07) is 4.16. The molecule has 1 aromatic rings. The van der Waals surface area contributed by atoms with Crippen molar-refractivity contribution in [3.63, 3.8) is 0 Å². The van der Waals surface area contributed by atoms with Crippen molar-refractivity contribution in [2.45, 2.75) is 25.5 Å². The monoisotopic (exact) mass is 256 g/mol. The lowest BCUT2D eigenvalue weighted by Crippen LogP contribution is -2.15. The van der Waals surface area contributed by atoms with E-state index >= 15 is 0 Å². The molecule has 1 amide bonds. The number of halogens is 1. The summed E-state index contributed by atoms with van der Waals surface area (Å²) in [6.45, 7) is 4.16. The Morgan fingerprint density at radius 2 is 2.29 bits per heavy atom. The van der Waals surface area contributed by atoms with Gasteiger partial charge >= 0.3 is 0 Å². The van der Waals surface area contributed by atoms with E-state index in [1.54, 1.807) is 11.8 Å². The van der Waals surface area contributed by atoms with Crippen LogP contribution in [0.2, 0.25) is 0 Å². The highest BCUT2D eigenvalue weighted by Gasteiger charge is 2.07. The van der Waals surface area contributed by atoms with Crippen LogP contribution in [0.4, 0.5) is 15.8 Å². The van der Waals surface area contributed by atoms with Crippen LogP contribution in [0.5, 0.6) is 0 Å². The molecule has 0 fully saturated rings. The van der Waals surface area contributed by atoms with Crippen molar-refractivity contribution in [1.29, 1.82) is 0 Å². The molecule has 0 aliphatic carbocycles. The Labute approximate surface area is 105 Å². The van der Waals surface area contributed by atoms with E-state index in [1.165, 1.54) is 18.2 Å². The van der Waals surface area contributed by atoms with Gasteiger partial charge in [0.15, 0.2) is 0 Å². The summed E-state index contributed by atoms with van der Waals surface area (Å²) in [7, 11) is 0. The molecule has 17 heavy (non-hydrogen) atoms.